The highest BCUT2D eigenvalue weighted by Crippen LogP contribution is 2.18. The summed E-state index contributed by atoms with van der Waals surface area (Å²) in [4.78, 5) is 11.2. The molecular formula is C13H19NO2. The van der Waals surface area contributed by atoms with Crippen molar-refractivity contribution in [3.05, 3.63) is 35.9 Å². The molecule has 0 fully saturated rings. The Kier molecular flexibility index (Phi) is 4.50. The zero-order valence-electron chi connectivity index (χ0n) is 10.1. The van der Waals surface area contributed by atoms with E-state index in [1.54, 1.807) is 6.92 Å². The first-order chi connectivity index (χ1) is 7.56. The lowest BCUT2D eigenvalue weighted by atomic mass is 9.94. The van der Waals surface area contributed by atoms with Crippen molar-refractivity contribution in [3.8, 4) is 0 Å². The Morgan fingerprint density at radius 3 is 2.50 bits per heavy atom. The van der Waals surface area contributed by atoms with Crippen molar-refractivity contribution in [2.24, 2.45) is 0 Å². The van der Waals surface area contributed by atoms with Gasteiger partial charge in [-0.1, -0.05) is 30.3 Å². The Labute approximate surface area is 96.8 Å². The molecule has 0 aliphatic heterocycles. The first-order valence-corrected chi connectivity index (χ1v) is 5.52. The molecule has 0 atom stereocenters. The molecule has 0 radical (unpaired) electrons. The number of ether oxygens (including phenoxy) is 1. The van der Waals surface area contributed by atoms with Crippen LogP contribution in [0.3, 0.4) is 0 Å². The van der Waals surface area contributed by atoms with Gasteiger partial charge < -0.3 is 4.74 Å². The maximum absolute atomic E-state index is 11.2. The van der Waals surface area contributed by atoms with Crippen molar-refractivity contribution < 1.29 is 9.53 Å². The van der Waals surface area contributed by atoms with Gasteiger partial charge in [-0.25, -0.2) is 0 Å². The van der Waals surface area contributed by atoms with Gasteiger partial charge in [-0.2, -0.15) is 0 Å². The normalized spacial score (nSPS) is 11.2. The predicted molar refractivity (Wildman–Crippen MR) is 64.1 cm³/mol. The lowest BCUT2D eigenvalue weighted by Crippen LogP contribution is -2.40. The largest absolute Gasteiger partial charge is 0.465 e. The van der Waals surface area contributed by atoms with Gasteiger partial charge in [0.2, 0.25) is 0 Å². The van der Waals surface area contributed by atoms with Crippen molar-refractivity contribution in [2.45, 2.75) is 26.3 Å². The Bertz CT molecular complexity index is 333. The van der Waals surface area contributed by atoms with Crippen molar-refractivity contribution in [1.82, 2.24) is 5.32 Å². The topological polar surface area (TPSA) is 38.3 Å². The summed E-state index contributed by atoms with van der Waals surface area (Å²) in [5.41, 5.74) is 0.924. The molecule has 0 aliphatic carbocycles. The molecule has 1 rings (SSSR count). The molecule has 0 heterocycles. The third-order valence-electron chi connectivity index (χ3n) is 2.48. The fraction of sp³-hybridized carbons (Fsp3) is 0.462. The number of esters is 1. The maximum Gasteiger partial charge on any atom is 0.319 e. The Balaban J connectivity index is 2.55. The van der Waals surface area contributed by atoms with Gasteiger partial charge in [0.25, 0.3) is 0 Å². The molecule has 0 unspecified atom stereocenters. The van der Waals surface area contributed by atoms with Crippen LogP contribution in [-0.4, -0.2) is 19.1 Å². The SMILES string of the molecule is CCOC(=O)CNC(C)(C)c1ccccc1. The quantitative estimate of drug-likeness (QED) is 0.774. The smallest absolute Gasteiger partial charge is 0.319 e. The van der Waals surface area contributed by atoms with E-state index >= 15 is 0 Å². The van der Waals surface area contributed by atoms with Crippen LogP contribution in [0.2, 0.25) is 0 Å². The predicted octanol–water partition coefficient (Wildman–Crippen LogP) is 2.07. The highest BCUT2D eigenvalue weighted by molar-refractivity contribution is 5.71. The van der Waals surface area contributed by atoms with Gasteiger partial charge in [-0.3, -0.25) is 10.1 Å². The third-order valence-corrected chi connectivity index (χ3v) is 2.48. The molecule has 0 saturated heterocycles. The lowest BCUT2D eigenvalue weighted by molar-refractivity contribution is -0.142. The van der Waals surface area contributed by atoms with E-state index in [4.69, 9.17) is 4.74 Å². The zero-order valence-corrected chi connectivity index (χ0v) is 10.1. The van der Waals surface area contributed by atoms with E-state index in [0.29, 0.717) is 6.61 Å². The summed E-state index contributed by atoms with van der Waals surface area (Å²) >= 11 is 0. The number of rotatable bonds is 5. The van der Waals surface area contributed by atoms with Crippen molar-refractivity contribution in [3.63, 3.8) is 0 Å². The monoisotopic (exact) mass is 221 g/mol. The van der Waals surface area contributed by atoms with E-state index in [0.717, 1.165) is 5.56 Å². The van der Waals surface area contributed by atoms with Crippen LogP contribution in [0.15, 0.2) is 30.3 Å². The summed E-state index contributed by atoms with van der Waals surface area (Å²) < 4.78 is 4.87. The molecule has 3 nitrogen and oxygen atoms in total. The van der Waals surface area contributed by atoms with Crippen LogP contribution in [-0.2, 0) is 15.1 Å². The third kappa shape index (κ3) is 3.66. The van der Waals surface area contributed by atoms with Gasteiger partial charge in [0, 0.05) is 5.54 Å². The van der Waals surface area contributed by atoms with Gasteiger partial charge in [0.1, 0.15) is 0 Å². The summed E-state index contributed by atoms with van der Waals surface area (Å²) in [6.07, 6.45) is 0. The number of carbonyl (C=O) groups is 1. The summed E-state index contributed by atoms with van der Waals surface area (Å²) in [6.45, 7) is 6.55. The van der Waals surface area contributed by atoms with Crippen LogP contribution in [0.25, 0.3) is 0 Å². The molecule has 0 bridgehead atoms. The molecule has 0 aliphatic rings. The number of benzene rings is 1. The summed E-state index contributed by atoms with van der Waals surface area (Å²) in [5.74, 6) is -0.216. The Morgan fingerprint density at radius 1 is 1.31 bits per heavy atom. The second kappa shape index (κ2) is 5.66. The average molecular weight is 221 g/mol. The summed E-state index contributed by atoms with van der Waals surface area (Å²) in [7, 11) is 0. The van der Waals surface area contributed by atoms with Crippen molar-refractivity contribution >= 4 is 5.97 Å². The van der Waals surface area contributed by atoms with Crippen molar-refractivity contribution in [1.29, 1.82) is 0 Å². The Morgan fingerprint density at radius 2 is 1.94 bits per heavy atom. The van der Waals surface area contributed by atoms with Gasteiger partial charge in [-0.15, -0.1) is 0 Å². The first kappa shape index (κ1) is 12.7. The zero-order chi connectivity index (χ0) is 12.0. The fourth-order valence-corrected chi connectivity index (χ4v) is 1.46. The molecule has 16 heavy (non-hydrogen) atoms. The van der Waals surface area contributed by atoms with Crippen LogP contribution in [0.4, 0.5) is 0 Å². The second-order valence-corrected chi connectivity index (χ2v) is 4.15. The highest BCUT2D eigenvalue weighted by Gasteiger charge is 2.20. The second-order valence-electron chi connectivity index (χ2n) is 4.15. The number of hydrogen-bond donors (Lipinski definition) is 1. The van der Waals surface area contributed by atoms with Crippen LogP contribution < -0.4 is 5.32 Å². The van der Waals surface area contributed by atoms with Gasteiger partial charge >= 0.3 is 5.97 Å². The molecular weight excluding hydrogens is 202 g/mol. The van der Waals surface area contributed by atoms with Crippen LogP contribution in [0.1, 0.15) is 26.3 Å². The molecule has 0 spiro atoms. The molecule has 0 aromatic heterocycles. The van der Waals surface area contributed by atoms with E-state index in [2.05, 4.69) is 5.32 Å². The molecule has 0 amide bonds. The van der Waals surface area contributed by atoms with Crippen molar-refractivity contribution in [2.75, 3.05) is 13.2 Å². The molecule has 88 valence electrons. The van der Waals surface area contributed by atoms with E-state index in [9.17, 15) is 4.79 Å². The minimum Gasteiger partial charge on any atom is -0.465 e. The minimum atomic E-state index is -0.228. The molecule has 1 N–H and O–H groups in total. The van der Waals surface area contributed by atoms with Gasteiger partial charge in [-0.05, 0) is 26.3 Å². The van der Waals surface area contributed by atoms with Crippen LogP contribution >= 0.6 is 0 Å². The van der Waals surface area contributed by atoms with Crippen LogP contribution in [0.5, 0.6) is 0 Å². The van der Waals surface area contributed by atoms with E-state index in [-0.39, 0.29) is 18.1 Å². The number of nitrogens with one attached hydrogen (secondary N) is 1. The summed E-state index contributed by atoms with van der Waals surface area (Å²) in [6, 6.07) is 10.0. The molecule has 3 heteroatoms. The number of hydrogen-bond acceptors (Lipinski definition) is 3. The van der Waals surface area contributed by atoms with Gasteiger partial charge in [0.05, 0.1) is 13.2 Å². The maximum atomic E-state index is 11.2. The first-order valence-electron chi connectivity index (χ1n) is 5.52. The average Bonchev–Trinajstić information content (AvgIpc) is 2.28. The standard InChI is InChI=1S/C13H19NO2/c1-4-16-12(15)10-14-13(2,3)11-8-6-5-7-9-11/h5-9,14H,4,10H2,1-3H3. The lowest BCUT2D eigenvalue weighted by Gasteiger charge is -2.26. The molecule has 1 aromatic rings. The fourth-order valence-electron chi connectivity index (χ4n) is 1.46. The summed E-state index contributed by atoms with van der Waals surface area (Å²) in [5, 5.41) is 3.19. The number of carbonyl (C=O) groups excluding carboxylic acids is 1. The van der Waals surface area contributed by atoms with E-state index in [1.165, 1.54) is 0 Å². The van der Waals surface area contributed by atoms with E-state index < -0.39 is 0 Å². The van der Waals surface area contributed by atoms with Crippen LogP contribution in [0, 0.1) is 0 Å². The minimum absolute atomic E-state index is 0.216. The van der Waals surface area contributed by atoms with Gasteiger partial charge in [0.15, 0.2) is 0 Å². The Hall–Kier alpha value is -1.35. The van der Waals surface area contributed by atoms with E-state index in [1.807, 2.05) is 44.2 Å². The molecule has 1 aromatic carbocycles. The molecule has 0 saturated carbocycles. The highest BCUT2D eigenvalue weighted by atomic mass is 16.5.